The second-order valence-electron chi connectivity index (χ2n) is 4.57. The van der Waals surface area contributed by atoms with E-state index in [0.29, 0.717) is 24.5 Å². The molecule has 0 saturated heterocycles. The zero-order chi connectivity index (χ0) is 15.1. The second kappa shape index (κ2) is 7.45. The van der Waals surface area contributed by atoms with Gasteiger partial charge in [0, 0.05) is 12.1 Å². The number of ether oxygens (including phenoxy) is 1. The molecule has 0 aliphatic heterocycles. The molecule has 0 spiro atoms. The summed E-state index contributed by atoms with van der Waals surface area (Å²) < 4.78 is 5.38. The Morgan fingerprint density at radius 1 is 1.14 bits per heavy atom. The van der Waals surface area contributed by atoms with Crippen molar-refractivity contribution in [3.63, 3.8) is 0 Å². The van der Waals surface area contributed by atoms with E-state index < -0.39 is 0 Å². The highest BCUT2D eigenvalue weighted by Crippen LogP contribution is 2.14. The fraction of sp³-hybridized carbons (Fsp3) is 0.235. The molecule has 2 aromatic rings. The maximum absolute atomic E-state index is 12.1. The normalized spacial score (nSPS) is 10.2. The van der Waals surface area contributed by atoms with Crippen molar-refractivity contribution in [2.45, 2.75) is 20.1 Å². The Morgan fingerprint density at radius 3 is 2.62 bits per heavy atom. The van der Waals surface area contributed by atoms with E-state index in [-0.39, 0.29) is 12.5 Å². The van der Waals surface area contributed by atoms with E-state index in [1.165, 1.54) is 0 Å². The first-order chi connectivity index (χ1) is 10.2. The average Bonchev–Trinajstić information content (AvgIpc) is 2.53. The Bertz CT molecular complexity index is 610. The van der Waals surface area contributed by atoms with E-state index in [1.807, 2.05) is 37.3 Å². The van der Waals surface area contributed by atoms with Crippen LogP contribution < -0.4 is 10.1 Å². The summed E-state index contributed by atoms with van der Waals surface area (Å²) >= 11 is 0. The first-order valence-corrected chi connectivity index (χ1v) is 6.93. The number of hydrogen-bond donors (Lipinski definition) is 2. The molecule has 0 atom stereocenters. The number of carbonyl (C=O) groups is 1. The van der Waals surface area contributed by atoms with E-state index in [4.69, 9.17) is 4.74 Å². The van der Waals surface area contributed by atoms with Gasteiger partial charge in [0.05, 0.1) is 13.2 Å². The van der Waals surface area contributed by atoms with Gasteiger partial charge in [0.2, 0.25) is 0 Å². The van der Waals surface area contributed by atoms with Crippen molar-refractivity contribution in [2.24, 2.45) is 0 Å². The lowest BCUT2D eigenvalue weighted by Gasteiger charge is -2.10. The van der Waals surface area contributed by atoms with E-state index in [1.54, 1.807) is 18.2 Å². The summed E-state index contributed by atoms with van der Waals surface area (Å²) in [4.78, 5) is 12.1. The van der Waals surface area contributed by atoms with Gasteiger partial charge in [-0.2, -0.15) is 0 Å². The number of carbonyl (C=O) groups excluding carboxylic acids is 1. The molecule has 0 fully saturated rings. The van der Waals surface area contributed by atoms with Crippen molar-refractivity contribution in [1.82, 2.24) is 5.32 Å². The molecular formula is C17H19NO3. The maximum atomic E-state index is 12.1. The fourth-order valence-corrected chi connectivity index (χ4v) is 2.06. The zero-order valence-corrected chi connectivity index (χ0v) is 12.0. The van der Waals surface area contributed by atoms with Crippen LogP contribution in [0.2, 0.25) is 0 Å². The van der Waals surface area contributed by atoms with Crippen LogP contribution in [0.25, 0.3) is 0 Å². The summed E-state index contributed by atoms with van der Waals surface area (Å²) in [6, 6.07) is 14.6. The summed E-state index contributed by atoms with van der Waals surface area (Å²) in [5.74, 6) is 0.519. The molecule has 21 heavy (non-hydrogen) atoms. The molecule has 110 valence electrons. The van der Waals surface area contributed by atoms with E-state index >= 15 is 0 Å². The first-order valence-electron chi connectivity index (χ1n) is 6.93. The zero-order valence-electron chi connectivity index (χ0n) is 12.0. The largest absolute Gasteiger partial charge is 0.494 e. The number of aliphatic hydroxyl groups excluding tert-OH is 1. The van der Waals surface area contributed by atoms with Gasteiger partial charge in [0.15, 0.2) is 0 Å². The number of rotatable bonds is 6. The van der Waals surface area contributed by atoms with Crippen LogP contribution in [-0.2, 0) is 13.2 Å². The SMILES string of the molecule is CCOc1cccc(C(=O)NCc2ccccc2CO)c1. The maximum Gasteiger partial charge on any atom is 0.251 e. The number of aliphatic hydroxyl groups is 1. The van der Waals surface area contributed by atoms with Crippen molar-refractivity contribution in [2.75, 3.05) is 6.61 Å². The van der Waals surface area contributed by atoms with Gasteiger partial charge in [-0.05, 0) is 36.2 Å². The molecule has 1 amide bonds. The van der Waals surface area contributed by atoms with Crippen molar-refractivity contribution < 1.29 is 14.6 Å². The molecule has 0 radical (unpaired) electrons. The van der Waals surface area contributed by atoms with Crippen LogP contribution in [0.1, 0.15) is 28.4 Å². The molecule has 2 N–H and O–H groups in total. The number of nitrogens with one attached hydrogen (secondary N) is 1. The standard InChI is InChI=1S/C17H19NO3/c1-2-21-16-9-5-8-13(10-16)17(20)18-11-14-6-3-4-7-15(14)12-19/h3-10,19H,2,11-12H2,1H3,(H,18,20). The molecule has 2 aromatic carbocycles. The van der Waals surface area contributed by atoms with E-state index in [2.05, 4.69) is 5.32 Å². The number of amides is 1. The molecule has 0 bridgehead atoms. The Morgan fingerprint density at radius 2 is 1.90 bits per heavy atom. The van der Waals surface area contributed by atoms with Gasteiger partial charge in [0.25, 0.3) is 5.91 Å². The predicted octanol–water partition coefficient (Wildman–Crippen LogP) is 2.51. The van der Waals surface area contributed by atoms with Crippen molar-refractivity contribution in [1.29, 1.82) is 0 Å². The Labute approximate surface area is 124 Å². The highest BCUT2D eigenvalue weighted by atomic mass is 16.5. The molecule has 0 aliphatic carbocycles. The highest BCUT2D eigenvalue weighted by Gasteiger charge is 2.08. The quantitative estimate of drug-likeness (QED) is 0.857. The van der Waals surface area contributed by atoms with Crippen LogP contribution >= 0.6 is 0 Å². The number of hydrogen-bond acceptors (Lipinski definition) is 3. The van der Waals surface area contributed by atoms with E-state index in [9.17, 15) is 9.90 Å². The fourth-order valence-electron chi connectivity index (χ4n) is 2.06. The predicted molar refractivity (Wildman–Crippen MR) is 81.1 cm³/mol. The lowest BCUT2D eigenvalue weighted by atomic mass is 10.1. The third-order valence-corrected chi connectivity index (χ3v) is 3.14. The van der Waals surface area contributed by atoms with Gasteiger partial charge >= 0.3 is 0 Å². The highest BCUT2D eigenvalue weighted by molar-refractivity contribution is 5.94. The van der Waals surface area contributed by atoms with Crippen LogP contribution in [0.5, 0.6) is 5.75 Å². The summed E-state index contributed by atoms with van der Waals surface area (Å²) in [5.41, 5.74) is 2.29. The molecule has 0 aliphatic rings. The molecule has 4 nitrogen and oxygen atoms in total. The molecule has 4 heteroatoms. The van der Waals surface area contributed by atoms with Gasteiger partial charge in [0.1, 0.15) is 5.75 Å². The average molecular weight is 285 g/mol. The third kappa shape index (κ3) is 4.07. The molecule has 0 saturated carbocycles. The van der Waals surface area contributed by atoms with Crippen LogP contribution in [0.15, 0.2) is 48.5 Å². The lowest BCUT2D eigenvalue weighted by Crippen LogP contribution is -2.23. The minimum absolute atomic E-state index is 0.0358. The molecule has 0 heterocycles. The third-order valence-electron chi connectivity index (χ3n) is 3.14. The van der Waals surface area contributed by atoms with Crippen molar-refractivity contribution >= 4 is 5.91 Å². The summed E-state index contributed by atoms with van der Waals surface area (Å²) in [7, 11) is 0. The first kappa shape index (κ1) is 15.1. The van der Waals surface area contributed by atoms with Gasteiger partial charge in [-0.3, -0.25) is 4.79 Å². The van der Waals surface area contributed by atoms with Crippen LogP contribution in [0.4, 0.5) is 0 Å². The molecule has 0 aromatic heterocycles. The smallest absolute Gasteiger partial charge is 0.251 e. The van der Waals surface area contributed by atoms with Gasteiger partial charge in [-0.25, -0.2) is 0 Å². The Hall–Kier alpha value is -2.33. The minimum Gasteiger partial charge on any atom is -0.494 e. The lowest BCUT2D eigenvalue weighted by molar-refractivity contribution is 0.0950. The Balaban J connectivity index is 2.03. The molecule has 2 rings (SSSR count). The van der Waals surface area contributed by atoms with Crippen molar-refractivity contribution in [3.05, 3.63) is 65.2 Å². The van der Waals surface area contributed by atoms with Gasteiger partial charge in [-0.1, -0.05) is 30.3 Å². The topological polar surface area (TPSA) is 58.6 Å². The monoisotopic (exact) mass is 285 g/mol. The van der Waals surface area contributed by atoms with Gasteiger partial charge in [-0.15, -0.1) is 0 Å². The summed E-state index contributed by atoms with van der Waals surface area (Å²) in [6.07, 6.45) is 0. The molecular weight excluding hydrogens is 266 g/mol. The Kier molecular flexibility index (Phi) is 5.35. The summed E-state index contributed by atoms with van der Waals surface area (Å²) in [6.45, 7) is 2.81. The van der Waals surface area contributed by atoms with Crippen LogP contribution in [0, 0.1) is 0 Å². The number of benzene rings is 2. The van der Waals surface area contributed by atoms with Crippen molar-refractivity contribution in [3.8, 4) is 5.75 Å². The van der Waals surface area contributed by atoms with E-state index in [0.717, 1.165) is 11.1 Å². The second-order valence-corrected chi connectivity index (χ2v) is 4.57. The van der Waals surface area contributed by atoms with Crippen LogP contribution in [-0.4, -0.2) is 17.6 Å². The van der Waals surface area contributed by atoms with Crippen LogP contribution in [0.3, 0.4) is 0 Å². The van der Waals surface area contributed by atoms with Gasteiger partial charge < -0.3 is 15.2 Å². The summed E-state index contributed by atoms with van der Waals surface area (Å²) in [5, 5.41) is 12.1. The molecule has 0 unspecified atom stereocenters. The minimum atomic E-state index is -0.163.